The molecule has 3 rings (SSSR count). The molecular weight excluding hydrogens is 302 g/mol. The SMILES string of the molecule is O=C1CC(CO)CN1c1ccc(Oc2ccc(Cl)cc2)cc1. The van der Waals surface area contributed by atoms with Gasteiger partial charge in [0.1, 0.15) is 11.5 Å². The summed E-state index contributed by atoms with van der Waals surface area (Å²) < 4.78 is 5.72. The Morgan fingerprint density at radius 1 is 1.09 bits per heavy atom. The predicted molar refractivity (Wildman–Crippen MR) is 85.5 cm³/mol. The van der Waals surface area contributed by atoms with Gasteiger partial charge in [0.2, 0.25) is 5.91 Å². The monoisotopic (exact) mass is 317 g/mol. The van der Waals surface area contributed by atoms with Crippen LogP contribution in [0.3, 0.4) is 0 Å². The number of benzene rings is 2. The zero-order valence-corrected chi connectivity index (χ0v) is 12.7. The van der Waals surface area contributed by atoms with Crippen molar-refractivity contribution in [2.75, 3.05) is 18.1 Å². The minimum atomic E-state index is 0.0255. The van der Waals surface area contributed by atoms with Crippen molar-refractivity contribution in [2.45, 2.75) is 6.42 Å². The predicted octanol–water partition coefficient (Wildman–Crippen LogP) is 3.48. The van der Waals surface area contributed by atoms with E-state index in [0.717, 1.165) is 5.69 Å². The number of aliphatic hydroxyl groups excluding tert-OH is 1. The number of rotatable bonds is 4. The van der Waals surface area contributed by atoms with Crippen LogP contribution in [0.5, 0.6) is 11.5 Å². The first-order valence-corrected chi connectivity index (χ1v) is 7.48. The second-order valence-corrected chi connectivity index (χ2v) is 5.74. The lowest BCUT2D eigenvalue weighted by atomic mass is 10.1. The number of hydrogen-bond donors (Lipinski definition) is 1. The fourth-order valence-electron chi connectivity index (χ4n) is 2.49. The topological polar surface area (TPSA) is 49.8 Å². The van der Waals surface area contributed by atoms with Gasteiger partial charge in [0, 0.05) is 36.2 Å². The summed E-state index contributed by atoms with van der Waals surface area (Å²) in [5.41, 5.74) is 0.824. The minimum absolute atomic E-state index is 0.0255. The van der Waals surface area contributed by atoms with Gasteiger partial charge in [0.25, 0.3) is 0 Å². The van der Waals surface area contributed by atoms with Crippen LogP contribution in [-0.4, -0.2) is 24.2 Å². The summed E-state index contributed by atoms with van der Waals surface area (Å²) in [6, 6.07) is 14.5. The molecule has 5 heteroatoms. The number of hydrogen-bond acceptors (Lipinski definition) is 3. The molecule has 2 aromatic carbocycles. The maximum atomic E-state index is 11.9. The van der Waals surface area contributed by atoms with E-state index in [4.69, 9.17) is 21.4 Å². The molecule has 1 fully saturated rings. The van der Waals surface area contributed by atoms with Crippen molar-refractivity contribution in [2.24, 2.45) is 5.92 Å². The summed E-state index contributed by atoms with van der Waals surface area (Å²) in [7, 11) is 0. The van der Waals surface area contributed by atoms with Crippen LogP contribution in [0.2, 0.25) is 5.02 Å². The number of carbonyl (C=O) groups excluding carboxylic acids is 1. The van der Waals surface area contributed by atoms with Gasteiger partial charge in [-0.3, -0.25) is 4.79 Å². The van der Waals surface area contributed by atoms with Gasteiger partial charge in [0.15, 0.2) is 0 Å². The number of ether oxygens (including phenoxy) is 1. The van der Waals surface area contributed by atoms with Crippen LogP contribution in [0.25, 0.3) is 0 Å². The molecule has 22 heavy (non-hydrogen) atoms. The first-order valence-electron chi connectivity index (χ1n) is 7.10. The molecule has 0 radical (unpaired) electrons. The normalized spacial score (nSPS) is 17.8. The van der Waals surface area contributed by atoms with E-state index in [9.17, 15) is 4.79 Å². The van der Waals surface area contributed by atoms with Crippen molar-refractivity contribution in [3.8, 4) is 11.5 Å². The summed E-state index contributed by atoms with van der Waals surface area (Å²) in [5.74, 6) is 1.47. The molecule has 1 atom stereocenters. The molecule has 114 valence electrons. The molecule has 4 nitrogen and oxygen atoms in total. The molecule has 0 spiro atoms. The van der Waals surface area contributed by atoms with Crippen LogP contribution in [0.4, 0.5) is 5.69 Å². The van der Waals surface area contributed by atoms with E-state index < -0.39 is 0 Å². The molecule has 1 aliphatic heterocycles. The van der Waals surface area contributed by atoms with Crippen LogP contribution >= 0.6 is 11.6 Å². The van der Waals surface area contributed by atoms with Crippen molar-refractivity contribution < 1.29 is 14.6 Å². The maximum absolute atomic E-state index is 11.9. The van der Waals surface area contributed by atoms with Gasteiger partial charge in [-0.2, -0.15) is 0 Å². The van der Waals surface area contributed by atoms with Gasteiger partial charge < -0.3 is 14.7 Å². The zero-order chi connectivity index (χ0) is 15.5. The Labute approximate surface area is 133 Å². The zero-order valence-electron chi connectivity index (χ0n) is 11.9. The first kappa shape index (κ1) is 14.9. The van der Waals surface area contributed by atoms with Gasteiger partial charge in [-0.05, 0) is 48.5 Å². The Hall–Kier alpha value is -2.04. The number of anilines is 1. The van der Waals surface area contributed by atoms with Crippen LogP contribution in [0.15, 0.2) is 48.5 Å². The third kappa shape index (κ3) is 3.24. The maximum Gasteiger partial charge on any atom is 0.227 e. The van der Waals surface area contributed by atoms with Crippen molar-refractivity contribution in [3.63, 3.8) is 0 Å². The van der Waals surface area contributed by atoms with E-state index in [0.29, 0.717) is 29.5 Å². The fourth-order valence-corrected chi connectivity index (χ4v) is 2.61. The van der Waals surface area contributed by atoms with Gasteiger partial charge in [0.05, 0.1) is 0 Å². The average Bonchev–Trinajstić information content (AvgIpc) is 2.91. The van der Waals surface area contributed by atoms with Crippen molar-refractivity contribution in [1.29, 1.82) is 0 Å². The van der Waals surface area contributed by atoms with Crippen molar-refractivity contribution >= 4 is 23.2 Å². The molecule has 1 amide bonds. The van der Waals surface area contributed by atoms with E-state index in [1.165, 1.54) is 0 Å². The van der Waals surface area contributed by atoms with Crippen molar-refractivity contribution in [3.05, 3.63) is 53.6 Å². The van der Waals surface area contributed by atoms with Crippen LogP contribution in [0.1, 0.15) is 6.42 Å². The van der Waals surface area contributed by atoms with Gasteiger partial charge >= 0.3 is 0 Å². The van der Waals surface area contributed by atoms with Gasteiger partial charge in [-0.1, -0.05) is 11.6 Å². The molecule has 0 saturated carbocycles. The van der Waals surface area contributed by atoms with Crippen LogP contribution in [0, 0.1) is 5.92 Å². The Balaban J connectivity index is 1.70. The molecular formula is C17H16ClNO3. The Morgan fingerprint density at radius 3 is 2.23 bits per heavy atom. The van der Waals surface area contributed by atoms with E-state index >= 15 is 0 Å². The third-order valence-corrected chi connectivity index (χ3v) is 3.91. The Kier molecular flexibility index (Phi) is 4.32. The standard InChI is InChI=1S/C17H16ClNO3/c18-13-1-5-15(6-2-13)22-16-7-3-14(4-8-16)19-10-12(11-20)9-17(19)21/h1-8,12,20H,9-11H2. The number of halogens is 1. The highest BCUT2D eigenvalue weighted by Crippen LogP contribution is 2.28. The van der Waals surface area contributed by atoms with Crippen molar-refractivity contribution in [1.82, 2.24) is 0 Å². The number of amides is 1. The highest BCUT2D eigenvalue weighted by molar-refractivity contribution is 6.30. The van der Waals surface area contributed by atoms with Gasteiger partial charge in [-0.25, -0.2) is 0 Å². The first-order chi connectivity index (χ1) is 10.7. The summed E-state index contributed by atoms with van der Waals surface area (Å²) in [6.07, 6.45) is 0.402. The second-order valence-electron chi connectivity index (χ2n) is 5.31. The number of aliphatic hydroxyl groups is 1. The van der Waals surface area contributed by atoms with Crippen LogP contribution < -0.4 is 9.64 Å². The molecule has 1 heterocycles. The number of nitrogens with zero attached hydrogens (tertiary/aromatic N) is 1. The highest BCUT2D eigenvalue weighted by Gasteiger charge is 2.29. The molecule has 1 N–H and O–H groups in total. The third-order valence-electron chi connectivity index (χ3n) is 3.66. The smallest absolute Gasteiger partial charge is 0.227 e. The molecule has 0 aromatic heterocycles. The molecule has 1 unspecified atom stereocenters. The fraction of sp³-hybridized carbons (Fsp3) is 0.235. The summed E-state index contributed by atoms with van der Waals surface area (Å²) in [6.45, 7) is 0.604. The molecule has 1 saturated heterocycles. The lowest BCUT2D eigenvalue weighted by molar-refractivity contribution is -0.117. The molecule has 2 aromatic rings. The van der Waals surface area contributed by atoms with Crippen LogP contribution in [-0.2, 0) is 4.79 Å². The Morgan fingerprint density at radius 2 is 1.68 bits per heavy atom. The van der Waals surface area contributed by atoms with Gasteiger partial charge in [-0.15, -0.1) is 0 Å². The van der Waals surface area contributed by atoms with E-state index in [1.807, 2.05) is 24.3 Å². The highest BCUT2D eigenvalue weighted by atomic mass is 35.5. The molecule has 0 aliphatic carbocycles. The lowest BCUT2D eigenvalue weighted by Crippen LogP contribution is -2.24. The Bertz CT molecular complexity index is 655. The average molecular weight is 318 g/mol. The summed E-state index contributed by atoms with van der Waals surface area (Å²) >= 11 is 5.83. The second kappa shape index (κ2) is 6.38. The quantitative estimate of drug-likeness (QED) is 0.939. The molecule has 0 bridgehead atoms. The molecule has 1 aliphatic rings. The van der Waals surface area contributed by atoms with E-state index in [-0.39, 0.29) is 18.4 Å². The lowest BCUT2D eigenvalue weighted by Gasteiger charge is -2.17. The van der Waals surface area contributed by atoms with E-state index in [2.05, 4.69) is 0 Å². The summed E-state index contributed by atoms with van der Waals surface area (Å²) in [5, 5.41) is 9.83. The number of carbonyl (C=O) groups is 1. The van der Waals surface area contributed by atoms with E-state index in [1.54, 1.807) is 29.2 Å². The minimum Gasteiger partial charge on any atom is -0.457 e. The summed E-state index contributed by atoms with van der Waals surface area (Å²) in [4.78, 5) is 13.6. The largest absolute Gasteiger partial charge is 0.457 e.